The molecule has 32 heavy (non-hydrogen) atoms. The van der Waals surface area contributed by atoms with E-state index in [1.165, 1.54) is 11.8 Å². The summed E-state index contributed by atoms with van der Waals surface area (Å²) in [6.45, 7) is 9.01. The Bertz CT molecular complexity index is 1120. The van der Waals surface area contributed by atoms with E-state index in [1.807, 2.05) is 32.0 Å². The second-order valence-electron chi connectivity index (χ2n) is 8.91. The molecule has 0 spiro atoms. The van der Waals surface area contributed by atoms with Gasteiger partial charge in [-0.25, -0.2) is 4.90 Å². The summed E-state index contributed by atoms with van der Waals surface area (Å²) in [5.41, 5.74) is 4.75. The van der Waals surface area contributed by atoms with Gasteiger partial charge in [-0.1, -0.05) is 31.2 Å². The topological polar surface area (TPSA) is 69.7 Å². The monoisotopic (exact) mass is 431 g/mol. The van der Waals surface area contributed by atoms with Crippen LogP contribution in [0.5, 0.6) is 0 Å². The van der Waals surface area contributed by atoms with Crippen LogP contribution in [0.3, 0.4) is 0 Å². The molecule has 1 N–H and O–H groups in total. The first-order chi connectivity index (χ1) is 15.3. The molecule has 0 aliphatic carbocycles. The van der Waals surface area contributed by atoms with Gasteiger partial charge in [0, 0.05) is 25.7 Å². The largest absolute Gasteiger partial charge is 0.366 e. The number of carbonyl (C=O) groups excluding carboxylic acids is 3. The third-order valence-electron chi connectivity index (χ3n) is 6.13. The number of likely N-dealkylation sites (tertiary alicyclic amines) is 1. The molecule has 2 aromatic rings. The van der Waals surface area contributed by atoms with Crippen LogP contribution < -0.4 is 10.2 Å². The van der Waals surface area contributed by atoms with Gasteiger partial charge in [-0.05, 0) is 67.5 Å². The van der Waals surface area contributed by atoms with Crippen LogP contribution in [-0.2, 0) is 14.4 Å². The van der Waals surface area contributed by atoms with Gasteiger partial charge in [0.1, 0.15) is 5.70 Å². The molecule has 1 saturated heterocycles. The molecule has 3 amide bonds. The number of anilines is 2. The summed E-state index contributed by atoms with van der Waals surface area (Å²) in [6, 6.07) is 12.9. The van der Waals surface area contributed by atoms with Gasteiger partial charge in [0.05, 0.1) is 11.3 Å². The number of rotatable bonds is 4. The van der Waals surface area contributed by atoms with E-state index in [0.717, 1.165) is 37.1 Å². The van der Waals surface area contributed by atoms with Crippen molar-refractivity contribution >= 4 is 34.7 Å². The fourth-order valence-corrected chi connectivity index (χ4v) is 4.57. The van der Waals surface area contributed by atoms with Gasteiger partial charge in [-0.15, -0.1) is 0 Å². The maximum atomic E-state index is 13.7. The number of piperidine rings is 1. The van der Waals surface area contributed by atoms with Crippen molar-refractivity contribution in [3.8, 4) is 0 Å². The van der Waals surface area contributed by atoms with Gasteiger partial charge >= 0.3 is 0 Å². The molecule has 1 fully saturated rings. The van der Waals surface area contributed by atoms with Crippen molar-refractivity contribution in [1.82, 2.24) is 4.90 Å². The summed E-state index contributed by atoms with van der Waals surface area (Å²) in [4.78, 5) is 42.2. The number of nitrogens with one attached hydrogen (secondary N) is 1. The van der Waals surface area contributed by atoms with Crippen molar-refractivity contribution < 1.29 is 14.4 Å². The Kier molecular flexibility index (Phi) is 5.87. The summed E-state index contributed by atoms with van der Waals surface area (Å²) in [5, 5.41) is 2.74. The number of hydrogen-bond acceptors (Lipinski definition) is 4. The SMILES string of the molecule is CC(=O)Nc1ccc(C2=C(N3CCCC(C)C3)C(=O)N(c3cc(C)ccc3C)C2=O)cc1. The summed E-state index contributed by atoms with van der Waals surface area (Å²) < 4.78 is 0. The van der Waals surface area contributed by atoms with E-state index in [9.17, 15) is 14.4 Å². The van der Waals surface area contributed by atoms with Crippen molar-refractivity contribution in [2.75, 3.05) is 23.3 Å². The van der Waals surface area contributed by atoms with Crippen LogP contribution in [-0.4, -0.2) is 35.7 Å². The predicted molar refractivity (Wildman–Crippen MR) is 126 cm³/mol. The fourth-order valence-electron chi connectivity index (χ4n) is 4.57. The van der Waals surface area contributed by atoms with Gasteiger partial charge in [0.25, 0.3) is 11.8 Å². The second kappa shape index (κ2) is 8.61. The van der Waals surface area contributed by atoms with E-state index in [0.29, 0.717) is 34.1 Å². The van der Waals surface area contributed by atoms with Crippen molar-refractivity contribution in [3.63, 3.8) is 0 Å². The quantitative estimate of drug-likeness (QED) is 0.734. The minimum absolute atomic E-state index is 0.159. The molecule has 1 atom stereocenters. The first-order valence-corrected chi connectivity index (χ1v) is 11.1. The number of aryl methyl sites for hydroxylation is 2. The normalized spacial score (nSPS) is 19.1. The Labute approximate surface area is 188 Å². The van der Waals surface area contributed by atoms with Crippen molar-refractivity contribution in [2.45, 2.75) is 40.5 Å². The molecule has 166 valence electrons. The number of hydrogen-bond donors (Lipinski definition) is 1. The molecule has 2 aliphatic heterocycles. The highest BCUT2D eigenvalue weighted by Crippen LogP contribution is 2.38. The first kappa shape index (κ1) is 21.8. The van der Waals surface area contributed by atoms with Crippen LogP contribution in [0.2, 0.25) is 0 Å². The van der Waals surface area contributed by atoms with Crippen molar-refractivity contribution in [3.05, 3.63) is 64.9 Å². The second-order valence-corrected chi connectivity index (χ2v) is 8.91. The van der Waals surface area contributed by atoms with Crippen LogP contribution in [0.15, 0.2) is 48.2 Å². The van der Waals surface area contributed by atoms with Crippen molar-refractivity contribution in [1.29, 1.82) is 0 Å². The fraction of sp³-hybridized carbons (Fsp3) is 0.346. The summed E-state index contributed by atoms with van der Waals surface area (Å²) >= 11 is 0. The number of nitrogens with zero attached hydrogens (tertiary/aromatic N) is 2. The molecule has 0 bridgehead atoms. The van der Waals surface area contributed by atoms with E-state index in [-0.39, 0.29) is 17.7 Å². The maximum Gasteiger partial charge on any atom is 0.282 e. The van der Waals surface area contributed by atoms with Gasteiger partial charge in [-0.3, -0.25) is 14.4 Å². The minimum Gasteiger partial charge on any atom is -0.366 e. The molecule has 2 aromatic carbocycles. The van der Waals surface area contributed by atoms with Crippen molar-refractivity contribution in [2.24, 2.45) is 5.92 Å². The zero-order chi connectivity index (χ0) is 23.0. The lowest BCUT2D eigenvalue weighted by Crippen LogP contribution is -2.39. The summed E-state index contributed by atoms with van der Waals surface area (Å²) in [6.07, 6.45) is 2.11. The number of benzene rings is 2. The minimum atomic E-state index is -0.302. The Morgan fingerprint density at radius 1 is 1.03 bits per heavy atom. The zero-order valence-electron chi connectivity index (χ0n) is 19.1. The molecule has 0 radical (unpaired) electrons. The zero-order valence-corrected chi connectivity index (χ0v) is 19.1. The first-order valence-electron chi connectivity index (χ1n) is 11.1. The lowest BCUT2D eigenvalue weighted by atomic mass is 9.97. The Balaban J connectivity index is 1.81. The lowest BCUT2D eigenvalue weighted by Gasteiger charge is -2.33. The van der Waals surface area contributed by atoms with Crippen LogP contribution >= 0.6 is 0 Å². The third-order valence-corrected chi connectivity index (χ3v) is 6.13. The molecular weight excluding hydrogens is 402 g/mol. The van der Waals surface area contributed by atoms with Gasteiger partial charge in [0.2, 0.25) is 5.91 Å². The van der Waals surface area contributed by atoms with E-state index in [1.54, 1.807) is 24.3 Å². The Morgan fingerprint density at radius 3 is 2.41 bits per heavy atom. The predicted octanol–water partition coefficient (Wildman–Crippen LogP) is 4.28. The number of imide groups is 1. The Hall–Kier alpha value is -3.41. The Morgan fingerprint density at radius 2 is 1.75 bits per heavy atom. The van der Waals surface area contributed by atoms with Crippen LogP contribution in [0, 0.1) is 19.8 Å². The highest BCUT2D eigenvalue weighted by Gasteiger charge is 2.43. The molecule has 6 heteroatoms. The van der Waals surface area contributed by atoms with E-state index in [4.69, 9.17) is 0 Å². The standard InChI is InChI=1S/C26H29N3O3/c1-16-7-8-18(3)22(14-16)29-25(31)23(20-9-11-21(12-10-20)27-19(4)30)24(26(29)32)28-13-5-6-17(2)15-28/h7-12,14,17H,5-6,13,15H2,1-4H3,(H,27,30). The van der Waals surface area contributed by atoms with Crippen LogP contribution in [0.4, 0.5) is 11.4 Å². The highest BCUT2D eigenvalue weighted by molar-refractivity contribution is 6.45. The molecule has 1 unspecified atom stereocenters. The molecule has 2 heterocycles. The molecule has 6 nitrogen and oxygen atoms in total. The third kappa shape index (κ3) is 4.05. The number of amides is 3. The average molecular weight is 432 g/mol. The van der Waals surface area contributed by atoms with Gasteiger partial charge in [-0.2, -0.15) is 0 Å². The molecule has 0 saturated carbocycles. The van der Waals surface area contributed by atoms with E-state index < -0.39 is 0 Å². The highest BCUT2D eigenvalue weighted by atomic mass is 16.2. The molecule has 2 aliphatic rings. The van der Waals surface area contributed by atoms with Gasteiger partial charge in [0.15, 0.2) is 0 Å². The van der Waals surface area contributed by atoms with Gasteiger partial charge < -0.3 is 10.2 Å². The van der Waals surface area contributed by atoms with E-state index in [2.05, 4.69) is 17.1 Å². The molecular formula is C26H29N3O3. The average Bonchev–Trinajstić information content (AvgIpc) is 3.00. The van der Waals surface area contributed by atoms with Crippen LogP contribution in [0.1, 0.15) is 43.4 Å². The summed E-state index contributed by atoms with van der Waals surface area (Å²) in [5.74, 6) is -0.270. The maximum absolute atomic E-state index is 13.7. The number of carbonyl (C=O) groups is 3. The van der Waals surface area contributed by atoms with Crippen LogP contribution in [0.25, 0.3) is 5.57 Å². The smallest absolute Gasteiger partial charge is 0.282 e. The summed E-state index contributed by atoms with van der Waals surface area (Å²) in [7, 11) is 0. The lowest BCUT2D eigenvalue weighted by molar-refractivity contribution is -0.121. The van der Waals surface area contributed by atoms with E-state index >= 15 is 0 Å². The molecule has 0 aromatic heterocycles. The molecule has 4 rings (SSSR count).